The van der Waals surface area contributed by atoms with Gasteiger partial charge in [-0.05, 0) is 0 Å². The van der Waals surface area contributed by atoms with Gasteiger partial charge in [-0.1, -0.05) is 0 Å². The number of hydrogen-bond acceptors (Lipinski definition) is 3. The number of halogens is 5. The third kappa shape index (κ3) is 3.90. The predicted molar refractivity (Wildman–Crippen MR) is 48.3 cm³/mol. The fraction of sp³-hybridized carbons (Fsp3) is 0.444. The minimum absolute atomic E-state index is 0.465. The van der Waals surface area contributed by atoms with Crippen molar-refractivity contribution < 1.29 is 31.9 Å². The van der Waals surface area contributed by atoms with E-state index in [1.54, 1.807) is 0 Å². The first kappa shape index (κ1) is 14.3. The first-order valence-corrected chi connectivity index (χ1v) is 4.64. The molecule has 18 heavy (non-hydrogen) atoms. The lowest BCUT2D eigenvalue weighted by molar-refractivity contribution is -0.134. The molecule has 1 aromatic rings. The number of aromatic nitrogens is 2. The predicted octanol–water partition coefficient (Wildman–Crippen LogP) is 2.61. The normalized spacial score (nSPS) is 11.9. The highest BCUT2D eigenvalue weighted by Crippen LogP contribution is 2.23. The van der Waals surface area contributed by atoms with Crippen molar-refractivity contribution in [2.45, 2.75) is 25.4 Å². The van der Waals surface area contributed by atoms with E-state index in [2.05, 4.69) is 9.97 Å². The molecule has 0 unspecified atom stereocenters. The molecular weight excluding hydrogens is 263 g/mol. The molecule has 4 nitrogen and oxygen atoms in total. The first-order valence-electron chi connectivity index (χ1n) is 4.64. The summed E-state index contributed by atoms with van der Waals surface area (Å²) in [6, 6.07) is 0. The van der Waals surface area contributed by atoms with Gasteiger partial charge in [0.05, 0.1) is 6.42 Å². The maximum Gasteiger partial charge on any atom is 0.389 e. The minimum atomic E-state index is -4.46. The summed E-state index contributed by atoms with van der Waals surface area (Å²) in [7, 11) is 0. The minimum Gasteiger partial charge on any atom is -0.478 e. The number of carboxylic acids is 1. The van der Waals surface area contributed by atoms with Crippen LogP contribution >= 0.6 is 0 Å². The van der Waals surface area contributed by atoms with E-state index >= 15 is 0 Å². The van der Waals surface area contributed by atoms with Gasteiger partial charge >= 0.3 is 12.1 Å². The van der Waals surface area contributed by atoms with Crippen molar-refractivity contribution in [3.8, 4) is 0 Å². The summed E-state index contributed by atoms with van der Waals surface area (Å²) in [5, 5.41) is 8.57. The van der Waals surface area contributed by atoms with Crippen molar-refractivity contribution in [2.75, 3.05) is 0 Å². The SMILES string of the molecule is O=C(O)c1cnc(CCC(F)(F)F)nc1C(F)F. The topological polar surface area (TPSA) is 63.1 Å². The second-order valence-corrected chi connectivity index (χ2v) is 3.31. The fourth-order valence-corrected chi connectivity index (χ4v) is 1.14. The Hall–Kier alpha value is -1.80. The van der Waals surface area contributed by atoms with Gasteiger partial charge in [0.2, 0.25) is 0 Å². The Morgan fingerprint density at radius 2 is 2.00 bits per heavy atom. The van der Waals surface area contributed by atoms with Crippen LogP contribution < -0.4 is 0 Å². The third-order valence-corrected chi connectivity index (χ3v) is 1.94. The van der Waals surface area contributed by atoms with Crippen LogP contribution in [0.5, 0.6) is 0 Å². The monoisotopic (exact) mass is 270 g/mol. The fourth-order valence-electron chi connectivity index (χ4n) is 1.14. The summed E-state index contributed by atoms with van der Waals surface area (Å²) in [5.74, 6) is -2.12. The number of hydrogen-bond donors (Lipinski definition) is 1. The zero-order valence-electron chi connectivity index (χ0n) is 8.71. The Morgan fingerprint density at radius 3 is 2.44 bits per heavy atom. The summed E-state index contributed by atoms with van der Waals surface area (Å²) in [6.45, 7) is 0. The molecular formula is C9H7F5N2O2. The van der Waals surface area contributed by atoms with Gasteiger partial charge in [-0.2, -0.15) is 13.2 Å². The molecule has 0 amide bonds. The number of nitrogens with zero attached hydrogens (tertiary/aromatic N) is 2. The van der Waals surface area contributed by atoms with Crippen molar-refractivity contribution in [1.29, 1.82) is 0 Å². The van der Waals surface area contributed by atoms with Gasteiger partial charge in [0.15, 0.2) is 0 Å². The van der Waals surface area contributed by atoms with Crippen molar-refractivity contribution >= 4 is 5.97 Å². The quantitative estimate of drug-likeness (QED) is 0.854. The molecule has 0 fully saturated rings. The lowest BCUT2D eigenvalue weighted by Crippen LogP contribution is -2.13. The van der Waals surface area contributed by atoms with E-state index in [-0.39, 0.29) is 0 Å². The molecule has 0 aromatic carbocycles. The molecule has 1 aromatic heterocycles. The average Bonchev–Trinajstić information content (AvgIpc) is 2.24. The molecule has 0 aliphatic rings. The summed E-state index contributed by atoms with van der Waals surface area (Å²) < 4.78 is 60.7. The van der Waals surface area contributed by atoms with Gasteiger partial charge in [0.1, 0.15) is 17.1 Å². The molecule has 1 heterocycles. The van der Waals surface area contributed by atoms with Crippen LogP contribution in [0.15, 0.2) is 6.20 Å². The van der Waals surface area contributed by atoms with Crippen molar-refractivity contribution in [1.82, 2.24) is 9.97 Å². The Kier molecular flexibility index (Phi) is 4.15. The van der Waals surface area contributed by atoms with Crippen molar-refractivity contribution in [3.05, 3.63) is 23.3 Å². The van der Waals surface area contributed by atoms with Crippen molar-refractivity contribution in [2.24, 2.45) is 0 Å². The molecule has 0 aliphatic heterocycles. The van der Waals surface area contributed by atoms with Crippen LogP contribution in [0.4, 0.5) is 22.0 Å². The molecule has 0 saturated carbocycles. The van der Waals surface area contributed by atoms with Crippen LogP contribution in [0.25, 0.3) is 0 Å². The largest absolute Gasteiger partial charge is 0.478 e. The van der Waals surface area contributed by atoms with Gasteiger partial charge in [0.25, 0.3) is 6.43 Å². The number of aryl methyl sites for hydroxylation is 1. The maximum absolute atomic E-state index is 12.5. The Labute approximate surface area is 97.5 Å². The van der Waals surface area contributed by atoms with Crippen molar-refractivity contribution in [3.63, 3.8) is 0 Å². The number of rotatable bonds is 4. The van der Waals surface area contributed by atoms with E-state index in [1.165, 1.54) is 0 Å². The summed E-state index contributed by atoms with van der Waals surface area (Å²) >= 11 is 0. The summed E-state index contributed by atoms with van der Waals surface area (Å²) in [6.07, 6.45) is -9.00. The number of alkyl halides is 5. The average molecular weight is 270 g/mol. The molecule has 0 saturated heterocycles. The molecule has 0 atom stereocenters. The Morgan fingerprint density at radius 1 is 1.39 bits per heavy atom. The number of carbonyl (C=O) groups is 1. The molecule has 1 N–H and O–H groups in total. The highest BCUT2D eigenvalue weighted by molar-refractivity contribution is 5.88. The van der Waals surface area contributed by atoms with Gasteiger partial charge < -0.3 is 5.11 Å². The van der Waals surface area contributed by atoms with Crippen LogP contribution in [0.3, 0.4) is 0 Å². The van der Waals surface area contributed by atoms with E-state index in [0.29, 0.717) is 6.20 Å². The second kappa shape index (κ2) is 5.23. The Bertz CT molecular complexity index is 447. The Balaban J connectivity index is 2.97. The zero-order chi connectivity index (χ0) is 13.9. The van der Waals surface area contributed by atoms with E-state index in [0.717, 1.165) is 0 Å². The second-order valence-electron chi connectivity index (χ2n) is 3.31. The van der Waals surface area contributed by atoms with Crippen LogP contribution in [0, 0.1) is 0 Å². The zero-order valence-corrected chi connectivity index (χ0v) is 8.71. The first-order chi connectivity index (χ1) is 8.20. The lowest BCUT2D eigenvalue weighted by Gasteiger charge is -2.08. The lowest BCUT2D eigenvalue weighted by atomic mass is 10.2. The molecule has 0 spiro atoms. The van der Waals surface area contributed by atoms with Crippen LogP contribution in [0.1, 0.15) is 34.7 Å². The highest BCUT2D eigenvalue weighted by atomic mass is 19.4. The molecule has 9 heteroatoms. The van der Waals surface area contributed by atoms with Gasteiger partial charge in [-0.25, -0.2) is 23.5 Å². The van der Waals surface area contributed by atoms with E-state index in [9.17, 15) is 26.7 Å². The molecule has 0 bridgehead atoms. The van der Waals surface area contributed by atoms with Crippen LogP contribution in [-0.2, 0) is 6.42 Å². The molecule has 100 valence electrons. The van der Waals surface area contributed by atoms with E-state index in [4.69, 9.17) is 5.11 Å². The van der Waals surface area contributed by atoms with Crippen LogP contribution in [-0.4, -0.2) is 27.2 Å². The molecule has 0 radical (unpaired) electrons. The van der Waals surface area contributed by atoms with Gasteiger partial charge in [-0.15, -0.1) is 0 Å². The number of aromatic carboxylic acids is 1. The van der Waals surface area contributed by atoms with Gasteiger partial charge in [0, 0.05) is 12.6 Å². The van der Waals surface area contributed by atoms with E-state index in [1.807, 2.05) is 0 Å². The third-order valence-electron chi connectivity index (χ3n) is 1.94. The van der Waals surface area contributed by atoms with Gasteiger partial charge in [-0.3, -0.25) is 0 Å². The standard InChI is InChI=1S/C9H7F5N2O2/c10-7(11)6-4(8(17)18)3-15-5(16-6)1-2-9(12,13)14/h3,7H,1-2H2,(H,17,18). The molecule has 1 rings (SSSR count). The summed E-state index contributed by atoms with van der Waals surface area (Å²) in [5.41, 5.74) is -1.89. The van der Waals surface area contributed by atoms with Crippen LogP contribution in [0.2, 0.25) is 0 Å². The smallest absolute Gasteiger partial charge is 0.389 e. The highest BCUT2D eigenvalue weighted by Gasteiger charge is 2.28. The molecule has 0 aliphatic carbocycles. The van der Waals surface area contributed by atoms with E-state index < -0.39 is 48.5 Å². The maximum atomic E-state index is 12.5. The number of carboxylic acid groups (broad SMARTS) is 1. The summed E-state index contributed by atoms with van der Waals surface area (Å²) in [4.78, 5) is 17.0.